The standard InChI is InChI=1S/C21H32N6O2/c1-21(2,3)29-20(28)25-15-9-11-26(12-10-15)18-17-19(23-13-22-18)27(14-24-17)16-7-5-4-6-8-16/h13-16H,4-12H2,1-3H3,(H,25,28). The third-order valence-electron chi connectivity index (χ3n) is 5.82. The molecule has 1 N–H and O–H groups in total. The van der Waals surface area contributed by atoms with E-state index in [1.807, 2.05) is 27.1 Å². The van der Waals surface area contributed by atoms with Crippen molar-refractivity contribution in [3.05, 3.63) is 12.7 Å². The first-order valence-electron chi connectivity index (χ1n) is 10.8. The van der Waals surface area contributed by atoms with Gasteiger partial charge in [-0.3, -0.25) is 0 Å². The molecular weight excluding hydrogens is 368 g/mol. The monoisotopic (exact) mass is 400 g/mol. The number of fused-ring (bicyclic) bond motifs is 1. The highest BCUT2D eigenvalue weighted by Crippen LogP contribution is 2.32. The SMILES string of the molecule is CC(C)(C)OC(=O)NC1CCN(c2ncnc3c2ncn3C2CCCCC2)CC1. The maximum absolute atomic E-state index is 12.0. The van der Waals surface area contributed by atoms with Crippen molar-refractivity contribution in [2.24, 2.45) is 0 Å². The van der Waals surface area contributed by atoms with E-state index in [1.54, 1.807) is 6.33 Å². The van der Waals surface area contributed by atoms with Gasteiger partial charge in [0.05, 0.1) is 6.33 Å². The van der Waals surface area contributed by atoms with Gasteiger partial charge in [-0.25, -0.2) is 19.7 Å². The third kappa shape index (κ3) is 4.62. The van der Waals surface area contributed by atoms with Crippen LogP contribution in [-0.4, -0.2) is 50.3 Å². The highest BCUT2D eigenvalue weighted by atomic mass is 16.6. The Bertz CT molecular complexity index is 844. The van der Waals surface area contributed by atoms with Crippen LogP contribution in [0.4, 0.5) is 10.6 Å². The molecule has 2 aliphatic rings. The Hall–Kier alpha value is -2.38. The lowest BCUT2D eigenvalue weighted by Crippen LogP contribution is -2.46. The lowest BCUT2D eigenvalue weighted by atomic mass is 9.95. The highest BCUT2D eigenvalue weighted by Gasteiger charge is 2.26. The molecule has 0 bridgehead atoms. The number of carbonyl (C=O) groups is 1. The van der Waals surface area contributed by atoms with Gasteiger partial charge in [-0.15, -0.1) is 0 Å². The van der Waals surface area contributed by atoms with Crippen LogP contribution in [0.25, 0.3) is 11.2 Å². The lowest BCUT2D eigenvalue weighted by molar-refractivity contribution is 0.0497. The van der Waals surface area contributed by atoms with E-state index >= 15 is 0 Å². The fourth-order valence-corrected chi connectivity index (χ4v) is 4.41. The van der Waals surface area contributed by atoms with Gasteiger partial charge in [-0.05, 0) is 46.5 Å². The van der Waals surface area contributed by atoms with Crippen molar-refractivity contribution >= 4 is 23.1 Å². The maximum Gasteiger partial charge on any atom is 0.407 e. The predicted molar refractivity (Wildman–Crippen MR) is 112 cm³/mol. The van der Waals surface area contributed by atoms with E-state index < -0.39 is 5.60 Å². The number of imidazole rings is 1. The van der Waals surface area contributed by atoms with Crippen LogP contribution < -0.4 is 10.2 Å². The van der Waals surface area contributed by atoms with Crippen LogP contribution in [-0.2, 0) is 4.74 Å². The summed E-state index contributed by atoms with van der Waals surface area (Å²) in [5.74, 6) is 0.903. The molecule has 1 aliphatic heterocycles. The second kappa shape index (κ2) is 8.16. The molecule has 3 heterocycles. The van der Waals surface area contributed by atoms with E-state index in [4.69, 9.17) is 4.74 Å². The topological polar surface area (TPSA) is 85.2 Å². The van der Waals surface area contributed by atoms with Crippen molar-refractivity contribution in [2.45, 2.75) is 83.4 Å². The molecule has 2 fully saturated rings. The van der Waals surface area contributed by atoms with E-state index in [0.29, 0.717) is 6.04 Å². The second-order valence-electron chi connectivity index (χ2n) is 9.22. The maximum atomic E-state index is 12.0. The summed E-state index contributed by atoms with van der Waals surface area (Å²) in [5.41, 5.74) is 1.35. The molecule has 8 nitrogen and oxygen atoms in total. The molecule has 1 saturated carbocycles. The minimum Gasteiger partial charge on any atom is -0.444 e. The number of hydrogen-bond donors (Lipinski definition) is 1. The number of anilines is 1. The number of nitrogens with one attached hydrogen (secondary N) is 1. The summed E-state index contributed by atoms with van der Waals surface area (Å²) in [5, 5.41) is 2.99. The lowest BCUT2D eigenvalue weighted by Gasteiger charge is -2.33. The average molecular weight is 401 g/mol. The summed E-state index contributed by atoms with van der Waals surface area (Å²) < 4.78 is 7.62. The van der Waals surface area contributed by atoms with E-state index in [1.165, 1.54) is 32.1 Å². The van der Waals surface area contributed by atoms with Gasteiger partial charge in [0.2, 0.25) is 0 Å². The molecular formula is C21H32N6O2. The number of piperidine rings is 1. The van der Waals surface area contributed by atoms with Crippen LogP contribution in [0.3, 0.4) is 0 Å². The number of nitrogens with zero attached hydrogens (tertiary/aromatic N) is 5. The zero-order chi connectivity index (χ0) is 20.4. The van der Waals surface area contributed by atoms with Gasteiger partial charge in [0.15, 0.2) is 17.0 Å². The summed E-state index contributed by atoms with van der Waals surface area (Å²) in [6.07, 6.45) is 11.3. The van der Waals surface area contributed by atoms with Gasteiger partial charge < -0.3 is 19.5 Å². The summed E-state index contributed by atoms with van der Waals surface area (Å²) in [4.78, 5) is 28.1. The Balaban J connectivity index is 1.42. The van der Waals surface area contributed by atoms with Gasteiger partial charge in [-0.1, -0.05) is 19.3 Å². The number of amides is 1. The molecule has 2 aromatic heterocycles. The van der Waals surface area contributed by atoms with Crippen LogP contribution in [0.2, 0.25) is 0 Å². The van der Waals surface area contributed by atoms with Crippen molar-refractivity contribution in [1.82, 2.24) is 24.8 Å². The normalized spacial score (nSPS) is 19.5. The molecule has 0 radical (unpaired) electrons. The van der Waals surface area contributed by atoms with E-state index in [2.05, 4.69) is 29.7 Å². The Morgan fingerprint density at radius 1 is 1.07 bits per heavy atom. The Morgan fingerprint density at radius 3 is 2.48 bits per heavy atom. The zero-order valence-electron chi connectivity index (χ0n) is 17.7. The molecule has 0 atom stereocenters. The minimum absolute atomic E-state index is 0.123. The van der Waals surface area contributed by atoms with Crippen molar-refractivity contribution < 1.29 is 9.53 Å². The molecule has 8 heteroatoms. The third-order valence-corrected chi connectivity index (χ3v) is 5.82. The minimum atomic E-state index is -0.478. The van der Waals surface area contributed by atoms with Gasteiger partial charge >= 0.3 is 6.09 Å². The van der Waals surface area contributed by atoms with Crippen LogP contribution in [0.5, 0.6) is 0 Å². The molecule has 1 saturated heterocycles. The fourth-order valence-electron chi connectivity index (χ4n) is 4.41. The number of ether oxygens (including phenoxy) is 1. The molecule has 0 unspecified atom stereocenters. The molecule has 29 heavy (non-hydrogen) atoms. The molecule has 1 aliphatic carbocycles. The van der Waals surface area contributed by atoms with Crippen LogP contribution >= 0.6 is 0 Å². The van der Waals surface area contributed by atoms with E-state index in [9.17, 15) is 4.79 Å². The summed E-state index contributed by atoms with van der Waals surface area (Å²) >= 11 is 0. The summed E-state index contributed by atoms with van der Waals surface area (Å²) in [7, 11) is 0. The first kappa shape index (κ1) is 19.9. The van der Waals surface area contributed by atoms with Crippen molar-refractivity contribution in [1.29, 1.82) is 0 Å². The molecule has 4 rings (SSSR count). The molecule has 1 amide bonds. The summed E-state index contributed by atoms with van der Waals surface area (Å²) in [6, 6.07) is 0.624. The Morgan fingerprint density at radius 2 is 1.79 bits per heavy atom. The predicted octanol–water partition coefficient (Wildman–Crippen LogP) is 3.83. The van der Waals surface area contributed by atoms with Crippen molar-refractivity contribution in [3.8, 4) is 0 Å². The molecule has 0 spiro atoms. The number of aromatic nitrogens is 4. The largest absolute Gasteiger partial charge is 0.444 e. The smallest absolute Gasteiger partial charge is 0.407 e. The number of rotatable bonds is 3. The number of carbonyl (C=O) groups excluding carboxylic acids is 1. The first-order chi connectivity index (χ1) is 13.9. The molecule has 0 aromatic carbocycles. The molecule has 2 aromatic rings. The number of hydrogen-bond acceptors (Lipinski definition) is 6. The Labute approximate surface area is 172 Å². The van der Waals surface area contributed by atoms with E-state index in [0.717, 1.165) is 42.9 Å². The van der Waals surface area contributed by atoms with Crippen molar-refractivity contribution in [2.75, 3.05) is 18.0 Å². The highest BCUT2D eigenvalue weighted by molar-refractivity contribution is 5.83. The van der Waals surface area contributed by atoms with Gasteiger partial charge in [0, 0.05) is 25.2 Å². The quantitative estimate of drug-likeness (QED) is 0.843. The fraction of sp³-hybridized carbons (Fsp3) is 0.714. The molecule has 158 valence electrons. The first-order valence-corrected chi connectivity index (χ1v) is 10.8. The average Bonchev–Trinajstić information content (AvgIpc) is 3.12. The van der Waals surface area contributed by atoms with Gasteiger partial charge in [-0.2, -0.15) is 0 Å². The van der Waals surface area contributed by atoms with Gasteiger partial charge in [0.1, 0.15) is 11.9 Å². The summed E-state index contributed by atoms with van der Waals surface area (Å²) in [6.45, 7) is 7.28. The second-order valence-corrected chi connectivity index (χ2v) is 9.22. The Kier molecular flexibility index (Phi) is 5.61. The van der Waals surface area contributed by atoms with E-state index in [-0.39, 0.29) is 12.1 Å². The number of alkyl carbamates (subject to hydrolysis) is 1. The van der Waals surface area contributed by atoms with Gasteiger partial charge in [0.25, 0.3) is 0 Å². The van der Waals surface area contributed by atoms with Crippen LogP contribution in [0.15, 0.2) is 12.7 Å². The van der Waals surface area contributed by atoms with Crippen LogP contribution in [0, 0.1) is 0 Å². The van der Waals surface area contributed by atoms with Crippen molar-refractivity contribution in [3.63, 3.8) is 0 Å². The van der Waals surface area contributed by atoms with Crippen LogP contribution in [0.1, 0.15) is 71.8 Å². The zero-order valence-corrected chi connectivity index (χ0v) is 17.7.